The van der Waals surface area contributed by atoms with Gasteiger partial charge < -0.3 is 9.80 Å². The summed E-state index contributed by atoms with van der Waals surface area (Å²) >= 11 is 8.24. The molecule has 9 rings (SSSR count). The van der Waals surface area contributed by atoms with Crippen LogP contribution in [0.25, 0.3) is 10.1 Å². The van der Waals surface area contributed by atoms with E-state index >= 15 is 0 Å². The van der Waals surface area contributed by atoms with Crippen LogP contribution >= 0.6 is 22.9 Å². The Bertz CT molecular complexity index is 3750. The molecule has 0 aliphatic carbocycles. The smallest absolute Gasteiger partial charge is 0.264 e. The monoisotopic (exact) mass is 815 g/mol. The first-order valence-electron chi connectivity index (χ1n) is 28.7. The van der Waals surface area contributed by atoms with E-state index in [0.29, 0.717) is 0 Å². The molecule has 0 amide bonds. The van der Waals surface area contributed by atoms with E-state index in [1.54, 1.807) is 62.3 Å². The molecule has 6 aromatic carbocycles. The van der Waals surface area contributed by atoms with E-state index in [1.807, 2.05) is 0 Å². The zero-order chi connectivity index (χ0) is 57.6. The lowest BCUT2D eigenvalue weighted by Gasteiger charge is -2.44. The van der Waals surface area contributed by atoms with Crippen LogP contribution in [0, 0.1) is 0 Å². The third-order valence-corrected chi connectivity index (χ3v) is 12.2. The second-order valence-corrected chi connectivity index (χ2v) is 20.1. The zero-order valence-electron chi connectivity index (χ0n) is 53.4. The van der Waals surface area contributed by atoms with Gasteiger partial charge in [-0.25, -0.2) is 0 Å². The van der Waals surface area contributed by atoms with Gasteiger partial charge in [-0.3, -0.25) is 0 Å². The number of rotatable bonds is 4. The van der Waals surface area contributed by atoms with Crippen molar-refractivity contribution < 1.29 is 26.0 Å². The normalized spacial score (nSPS) is 18.7. The lowest BCUT2D eigenvalue weighted by Crippen LogP contribution is -2.60. The van der Waals surface area contributed by atoms with Gasteiger partial charge in [0.1, 0.15) is 0 Å². The fourth-order valence-corrected chi connectivity index (χ4v) is 8.88. The molecule has 2 aliphatic heterocycles. The van der Waals surface area contributed by atoms with Crippen molar-refractivity contribution in [3.8, 4) is 0 Å². The molecule has 0 unspecified atom stereocenters. The Labute approximate surface area is 382 Å². The van der Waals surface area contributed by atoms with Crippen molar-refractivity contribution >= 4 is 89.6 Å². The molecule has 0 saturated carbocycles. The molecule has 0 saturated heterocycles. The Kier molecular flexibility index (Phi) is 5.20. The van der Waals surface area contributed by atoms with Crippen LogP contribution in [0.1, 0.15) is 130 Å². The molecule has 2 nitrogen and oxygen atoms in total. The molecular formula is C53H54BClN2S. The Balaban J connectivity index is 1.57. The molecule has 292 valence electrons. The second kappa shape index (κ2) is 13.4. The van der Waals surface area contributed by atoms with Crippen LogP contribution in [0.3, 0.4) is 0 Å². The number of thiophene rings is 1. The number of anilines is 6. The van der Waals surface area contributed by atoms with Crippen molar-refractivity contribution in [1.29, 1.82) is 0 Å². The summed E-state index contributed by atoms with van der Waals surface area (Å²) in [5.74, 6) is 0. The summed E-state index contributed by atoms with van der Waals surface area (Å²) in [7, 11) is 0. The van der Waals surface area contributed by atoms with E-state index in [1.165, 1.54) is 35.8 Å². The van der Waals surface area contributed by atoms with Crippen LogP contribution in [-0.2, 0) is 21.7 Å². The Hall–Kier alpha value is -4.77. The predicted molar refractivity (Wildman–Crippen MR) is 256 cm³/mol. The van der Waals surface area contributed by atoms with Gasteiger partial charge in [-0.05, 0) is 109 Å². The second-order valence-electron chi connectivity index (χ2n) is 18.6. The first-order valence-corrected chi connectivity index (χ1v) is 20.4. The van der Waals surface area contributed by atoms with Crippen molar-refractivity contribution in [2.45, 2.75) is 97.8 Å². The molecule has 3 heterocycles. The molecular weight excluding hydrogens is 743 g/mol. The van der Waals surface area contributed by atoms with Crippen molar-refractivity contribution in [2.24, 2.45) is 0 Å². The van der Waals surface area contributed by atoms with Gasteiger partial charge in [0.25, 0.3) is 6.71 Å². The highest BCUT2D eigenvalue weighted by atomic mass is 35.5. The Morgan fingerprint density at radius 1 is 0.534 bits per heavy atom. The zero-order valence-corrected chi connectivity index (χ0v) is 36.0. The molecule has 0 N–H and O–H groups in total. The number of benzene rings is 6. The maximum absolute atomic E-state index is 10.5. The fraction of sp³-hybridized carbons (Fsp3) is 0.283. The summed E-state index contributed by atoms with van der Waals surface area (Å²) in [6.45, 7) is 17.5. The van der Waals surface area contributed by atoms with Crippen LogP contribution in [-0.4, -0.2) is 6.71 Å². The average Bonchev–Trinajstić information content (AvgIpc) is 3.90. The summed E-state index contributed by atoms with van der Waals surface area (Å²) in [6, 6.07) is -6.37. The molecule has 0 atom stereocenters. The molecule has 1 aromatic heterocycles. The van der Waals surface area contributed by atoms with Gasteiger partial charge in [-0.15, -0.1) is 11.3 Å². The van der Waals surface area contributed by atoms with Gasteiger partial charge in [0.05, 0.1) is 31.7 Å². The largest absolute Gasteiger partial charge is 0.311 e. The summed E-state index contributed by atoms with van der Waals surface area (Å²) in [4.78, 5) is 2.71. The van der Waals surface area contributed by atoms with Crippen LogP contribution < -0.4 is 25.5 Å². The standard InChI is InChI=1S/C53H54BClN2S/c1-50(2,3)33-17-23-39(24-18-33)56-43-30-37(53(10,11)35-15-13-12-14-16-35)21-27-42(43)54-47-44(56)31-38(55)32-45(47)57(40-25-19-34(20-26-40)51(4,5)6)48-41-29-36(52(7,8)9)22-28-46(41)58-49(48)54/h12-32H,1-11H3/i12D,13D,14D,15D,16D,17D,18D,19D,20D,21D,22D,23D,24D,25D,26D,27D,28D,29D,30D. The average molecular weight is 816 g/mol. The first-order chi connectivity index (χ1) is 35.3. The summed E-state index contributed by atoms with van der Waals surface area (Å²) in [5, 5.41) is 0.0523. The first kappa shape index (κ1) is 22.6. The maximum Gasteiger partial charge on any atom is 0.264 e. The lowest BCUT2D eigenvalue weighted by atomic mass is 9.36. The maximum atomic E-state index is 10.5. The van der Waals surface area contributed by atoms with E-state index in [9.17, 15) is 19.2 Å². The third kappa shape index (κ3) is 6.30. The quantitative estimate of drug-likeness (QED) is 0.163. The van der Waals surface area contributed by atoms with Gasteiger partial charge in [-0.1, -0.05) is 160 Å². The minimum absolute atomic E-state index is 0.00920. The number of fused-ring (bicyclic) bond motifs is 6. The van der Waals surface area contributed by atoms with Crippen molar-refractivity contribution in [2.75, 3.05) is 9.80 Å². The van der Waals surface area contributed by atoms with E-state index in [4.69, 9.17) is 18.5 Å². The Morgan fingerprint density at radius 2 is 1.05 bits per heavy atom. The molecule has 5 heteroatoms. The molecule has 58 heavy (non-hydrogen) atoms. The van der Waals surface area contributed by atoms with E-state index < -0.39 is 119 Å². The van der Waals surface area contributed by atoms with Crippen molar-refractivity contribution in [3.05, 3.63) is 160 Å². The fourth-order valence-electron chi connectivity index (χ4n) is 7.46. The van der Waals surface area contributed by atoms with Crippen molar-refractivity contribution in [1.82, 2.24) is 0 Å². The molecule has 7 aromatic rings. The SMILES string of the molecule is [2H]c1c([2H])c([2H])c(C(C)(C)c2c([2H])c([2H])c3c(c2[2H])N(c2c([2H])c([2H])c(C(C)(C)C)c([2H])c2[2H])c2cc(Cl)cc4c2B3c2sc3c([2H])c([2H])c(C(C)(C)C)c([2H])c3c2N4c2c([2H])c([2H])c(C(C)(C)C)c([2H])c2[2H])c([2H])c1[2H]. The Morgan fingerprint density at radius 3 is 1.62 bits per heavy atom. The van der Waals surface area contributed by atoms with Gasteiger partial charge >= 0.3 is 0 Å². The highest BCUT2D eigenvalue weighted by Crippen LogP contribution is 2.50. The highest BCUT2D eigenvalue weighted by molar-refractivity contribution is 7.33. The summed E-state index contributed by atoms with van der Waals surface area (Å²) in [5.41, 5.74) is -5.45. The van der Waals surface area contributed by atoms with Crippen LogP contribution in [0.4, 0.5) is 34.1 Å². The predicted octanol–water partition coefficient (Wildman–Crippen LogP) is 13.9. The highest BCUT2D eigenvalue weighted by Gasteiger charge is 2.46. The minimum Gasteiger partial charge on any atom is -0.311 e. The summed E-state index contributed by atoms with van der Waals surface area (Å²) in [6.07, 6.45) is 0. The van der Waals surface area contributed by atoms with Crippen LogP contribution in [0.15, 0.2) is 127 Å². The molecule has 2 aliphatic rings. The van der Waals surface area contributed by atoms with E-state index in [2.05, 4.69) is 0 Å². The van der Waals surface area contributed by atoms with Crippen LogP contribution in [0.2, 0.25) is 5.02 Å². The minimum atomic E-state index is -1.83. The molecule has 0 bridgehead atoms. The third-order valence-electron chi connectivity index (χ3n) is 10.8. The van der Waals surface area contributed by atoms with Crippen molar-refractivity contribution in [3.63, 3.8) is 0 Å². The molecule has 0 fully saturated rings. The number of hydrogen-bond acceptors (Lipinski definition) is 3. The summed E-state index contributed by atoms with van der Waals surface area (Å²) < 4.78 is 181. The lowest BCUT2D eigenvalue weighted by molar-refractivity contribution is 0.590. The van der Waals surface area contributed by atoms with Crippen LogP contribution in [0.5, 0.6) is 0 Å². The number of halogens is 1. The van der Waals surface area contributed by atoms with E-state index in [-0.39, 0.29) is 117 Å². The molecule has 0 spiro atoms. The van der Waals surface area contributed by atoms with Gasteiger partial charge in [0.2, 0.25) is 0 Å². The molecule has 0 radical (unpaired) electrons. The van der Waals surface area contributed by atoms with Gasteiger partial charge in [0, 0.05) is 53.7 Å². The number of hydrogen-bond donors (Lipinski definition) is 0. The van der Waals surface area contributed by atoms with E-state index in [0.717, 1.165) is 11.3 Å². The van der Waals surface area contributed by atoms with Gasteiger partial charge in [0.15, 0.2) is 0 Å². The van der Waals surface area contributed by atoms with Gasteiger partial charge in [-0.2, -0.15) is 0 Å². The topological polar surface area (TPSA) is 6.48 Å². The number of nitrogens with zero attached hydrogens (tertiary/aromatic N) is 2.